The van der Waals surface area contributed by atoms with E-state index in [1.165, 1.54) is 17.8 Å². The molecule has 0 bridgehead atoms. The van der Waals surface area contributed by atoms with Gasteiger partial charge in [0.2, 0.25) is 11.8 Å². The molecule has 1 aromatic heterocycles. The van der Waals surface area contributed by atoms with Crippen molar-refractivity contribution in [3.8, 4) is 11.1 Å². The van der Waals surface area contributed by atoms with Crippen molar-refractivity contribution in [1.29, 1.82) is 0 Å². The van der Waals surface area contributed by atoms with Crippen LogP contribution in [0.15, 0.2) is 60.8 Å². The number of carboxylic acids is 1. The number of ether oxygens (including phenoxy) is 2. The molecule has 0 aliphatic heterocycles. The average Bonchev–Trinajstić information content (AvgIpc) is 3.59. The zero-order valence-corrected chi connectivity index (χ0v) is 41.1. The maximum Gasteiger partial charge on any atom is 0.407 e. The number of hydrogen-bond acceptors (Lipinski definition) is 8. The molecule has 0 aliphatic carbocycles. The lowest BCUT2D eigenvalue weighted by atomic mass is 9.79. The molecule has 17 heteroatoms. The van der Waals surface area contributed by atoms with Crippen molar-refractivity contribution >= 4 is 57.8 Å². The van der Waals surface area contributed by atoms with Gasteiger partial charge in [-0.3, -0.25) is 14.4 Å². The van der Waals surface area contributed by atoms with Gasteiger partial charge in [-0.1, -0.05) is 83.8 Å². The number of hydrogen-bond donors (Lipinski definition) is 4. The quantitative estimate of drug-likeness (QED) is 0.0350. The number of benzene rings is 2. The Morgan fingerprint density at radius 1 is 0.857 bits per heavy atom. The summed E-state index contributed by atoms with van der Waals surface area (Å²) in [7, 11) is -3.36. The van der Waals surface area contributed by atoms with Crippen LogP contribution in [0.2, 0.25) is 50.9 Å². The van der Waals surface area contributed by atoms with Crippen molar-refractivity contribution in [3.05, 3.63) is 83.7 Å². The minimum absolute atomic E-state index is 0.00927. The van der Waals surface area contributed by atoms with Crippen LogP contribution in [0.3, 0.4) is 0 Å². The van der Waals surface area contributed by atoms with Crippen LogP contribution in [0.25, 0.3) is 11.1 Å². The first kappa shape index (κ1) is 52.9. The van der Waals surface area contributed by atoms with Gasteiger partial charge in [0.05, 0.1) is 27.0 Å². The van der Waals surface area contributed by atoms with E-state index in [4.69, 9.17) is 9.47 Å². The second-order valence-electron chi connectivity index (χ2n) is 19.0. The van der Waals surface area contributed by atoms with Crippen LogP contribution in [0, 0.1) is 17.0 Å². The maximum atomic E-state index is 15.0. The van der Waals surface area contributed by atoms with E-state index >= 15 is 4.39 Å². The Morgan fingerprint density at radius 3 is 2.21 bits per heavy atom. The standard InChI is InChI=1S/C46H68F2N4O8SSi2/c1-46(2,3)37(40-27-34(36-28-35(47)15-16-38(36)48)30-52(40)29-33-13-10-9-11-14-33)32-63(7,8)26-23-60-45(58)50-21-12-20-49-42(54)31-61-24-19-41(53)51-39(44(56)57)17-18-43(55)59-22-25-62(4,5)6/h9-11,13-16,27-28,30,37,39H,12,17-26,29,31-32H2,1-8H3,(H,49,54)(H,50,58)(H,51,53)(H,56,57)/t37-,39-/m0/s1. The summed E-state index contributed by atoms with van der Waals surface area (Å²) in [5, 5.41) is 17.4. The molecule has 2 aromatic carbocycles. The third-order valence-electron chi connectivity index (χ3n) is 10.6. The van der Waals surface area contributed by atoms with Crippen LogP contribution in [-0.2, 0) is 35.2 Å². The fraction of sp³-hybridized carbons (Fsp3) is 0.543. The third kappa shape index (κ3) is 20.3. The molecule has 0 radical (unpaired) electrons. The van der Waals surface area contributed by atoms with E-state index in [9.17, 15) is 33.5 Å². The zero-order chi connectivity index (χ0) is 46.8. The summed E-state index contributed by atoms with van der Waals surface area (Å²) >= 11 is 1.23. The molecule has 2 atom stereocenters. The Morgan fingerprint density at radius 2 is 1.54 bits per heavy atom. The van der Waals surface area contributed by atoms with Gasteiger partial charge in [0.25, 0.3) is 0 Å². The molecule has 0 aliphatic rings. The van der Waals surface area contributed by atoms with Crippen LogP contribution in [0.1, 0.15) is 63.6 Å². The fourth-order valence-corrected chi connectivity index (χ4v) is 11.1. The van der Waals surface area contributed by atoms with E-state index in [2.05, 4.69) is 74.0 Å². The van der Waals surface area contributed by atoms with Crippen molar-refractivity contribution in [3.63, 3.8) is 0 Å². The molecule has 0 spiro atoms. The van der Waals surface area contributed by atoms with E-state index < -0.39 is 57.8 Å². The lowest BCUT2D eigenvalue weighted by molar-refractivity contribution is -0.145. The highest BCUT2D eigenvalue weighted by molar-refractivity contribution is 7.99. The van der Waals surface area contributed by atoms with E-state index in [0.717, 1.165) is 41.5 Å². The van der Waals surface area contributed by atoms with Gasteiger partial charge in [-0.05, 0) is 66.2 Å². The number of carbonyl (C=O) groups is 5. The summed E-state index contributed by atoms with van der Waals surface area (Å²) in [4.78, 5) is 60.8. The predicted octanol–water partition coefficient (Wildman–Crippen LogP) is 8.91. The predicted molar refractivity (Wildman–Crippen MR) is 251 cm³/mol. The monoisotopic (exact) mass is 930 g/mol. The topological polar surface area (TPSA) is 165 Å². The highest BCUT2D eigenvalue weighted by atomic mass is 32.2. The molecule has 3 aromatic rings. The number of amides is 3. The zero-order valence-electron chi connectivity index (χ0n) is 38.2. The number of aromatic nitrogens is 1. The lowest BCUT2D eigenvalue weighted by Gasteiger charge is -2.37. The average molecular weight is 931 g/mol. The number of carboxylic acid groups (broad SMARTS) is 1. The van der Waals surface area contributed by atoms with Crippen LogP contribution < -0.4 is 16.0 Å². The molecule has 0 unspecified atom stereocenters. The van der Waals surface area contributed by atoms with Crippen molar-refractivity contribution in [2.75, 3.05) is 37.8 Å². The summed E-state index contributed by atoms with van der Waals surface area (Å²) < 4.78 is 42.2. The summed E-state index contributed by atoms with van der Waals surface area (Å²) in [6, 6.07) is 16.7. The van der Waals surface area contributed by atoms with Gasteiger partial charge in [-0.2, -0.15) is 11.8 Å². The number of aliphatic carboxylic acids is 1. The van der Waals surface area contributed by atoms with Crippen LogP contribution >= 0.6 is 11.8 Å². The highest BCUT2D eigenvalue weighted by Gasteiger charge is 2.36. The van der Waals surface area contributed by atoms with Gasteiger partial charge >= 0.3 is 18.0 Å². The van der Waals surface area contributed by atoms with Crippen molar-refractivity contribution < 1.29 is 47.3 Å². The SMILES string of the molecule is CC(C)(C)[C@@H](C[Si](C)(C)CCOC(=O)NCCCNC(=O)CSCCC(=O)N[C@@H](CCC(=O)OCC[Si](C)(C)C)C(=O)O)c1cc(-c2cc(F)ccc2F)cn1Cc1ccccc1. The first-order chi connectivity index (χ1) is 29.5. The molecule has 0 fully saturated rings. The van der Waals surface area contributed by atoms with Gasteiger partial charge in [0, 0.05) is 75.2 Å². The number of rotatable bonds is 26. The molecule has 63 heavy (non-hydrogen) atoms. The Bertz CT molecular complexity index is 1970. The third-order valence-corrected chi connectivity index (χ3v) is 16.3. The minimum Gasteiger partial charge on any atom is -0.480 e. The fourth-order valence-electron chi connectivity index (χ4n) is 6.80. The largest absolute Gasteiger partial charge is 0.480 e. The van der Waals surface area contributed by atoms with Gasteiger partial charge in [-0.25, -0.2) is 18.4 Å². The molecule has 1 heterocycles. The molecule has 4 N–H and O–H groups in total. The molecular weight excluding hydrogens is 863 g/mol. The van der Waals surface area contributed by atoms with Crippen molar-refractivity contribution in [2.45, 2.75) is 116 Å². The lowest BCUT2D eigenvalue weighted by Crippen LogP contribution is -2.41. The molecule has 348 valence electrons. The molecule has 0 saturated heterocycles. The number of esters is 1. The van der Waals surface area contributed by atoms with Gasteiger partial charge in [0.15, 0.2) is 0 Å². The summed E-state index contributed by atoms with van der Waals surface area (Å²) in [6.07, 6.45) is 1.68. The summed E-state index contributed by atoms with van der Waals surface area (Å²) in [5.74, 6) is -2.94. The van der Waals surface area contributed by atoms with Gasteiger partial charge < -0.3 is 35.1 Å². The van der Waals surface area contributed by atoms with Crippen molar-refractivity contribution in [1.82, 2.24) is 20.5 Å². The summed E-state index contributed by atoms with van der Waals surface area (Å²) in [5.41, 5.74) is 2.82. The second kappa shape index (κ2) is 25.1. The molecule has 3 amide bonds. The van der Waals surface area contributed by atoms with E-state index in [1.54, 1.807) is 0 Å². The van der Waals surface area contributed by atoms with E-state index in [-0.39, 0.29) is 54.4 Å². The van der Waals surface area contributed by atoms with Gasteiger partial charge in [-0.15, -0.1) is 0 Å². The Hall–Kier alpha value is -4.49. The van der Waals surface area contributed by atoms with Crippen LogP contribution in [0.4, 0.5) is 13.6 Å². The second-order valence-corrected chi connectivity index (χ2v) is 31.0. The number of nitrogens with one attached hydrogen (secondary N) is 3. The van der Waals surface area contributed by atoms with Crippen molar-refractivity contribution in [2.24, 2.45) is 5.41 Å². The van der Waals surface area contributed by atoms with Crippen LogP contribution in [0.5, 0.6) is 0 Å². The van der Waals surface area contributed by atoms with Gasteiger partial charge in [0.1, 0.15) is 17.7 Å². The highest BCUT2D eigenvalue weighted by Crippen LogP contribution is 2.44. The molecular formula is C46H68F2N4O8SSi2. The first-order valence-corrected chi connectivity index (χ1v) is 29.9. The van der Waals surface area contributed by atoms with Crippen LogP contribution in [-0.4, -0.2) is 99.5 Å². The first-order valence-electron chi connectivity index (χ1n) is 21.7. The normalized spacial score (nSPS) is 12.9. The smallest absolute Gasteiger partial charge is 0.407 e. The minimum atomic E-state index is -2.00. The Balaban J connectivity index is 1.38. The number of nitrogens with zero attached hydrogens (tertiary/aromatic N) is 1. The number of halogens is 2. The van der Waals surface area contributed by atoms with E-state index in [1.807, 2.05) is 42.6 Å². The number of carbonyl (C=O) groups excluding carboxylic acids is 4. The molecule has 3 rings (SSSR count). The number of thioether (sulfide) groups is 1. The Kier molecular flexibility index (Phi) is 21.1. The van der Waals surface area contributed by atoms with E-state index in [0.29, 0.717) is 44.0 Å². The Labute approximate surface area is 378 Å². The summed E-state index contributed by atoms with van der Waals surface area (Å²) in [6.45, 7) is 19.4. The molecule has 0 saturated carbocycles. The molecule has 12 nitrogen and oxygen atoms in total. The number of alkyl carbamates (subject to hydrolysis) is 1. The maximum absolute atomic E-state index is 15.0.